The van der Waals surface area contributed by atoms with Crippen molar-refractivity contribution < 1.29 is 24.1 Å². The van der Waals surface area contributed by atoms with Gasteiger partial charge in [-0.3, -0.25) is 19.9 Å². The number of nitrogens with zero attached hydrogens (tertiary/aromatic N) is 6. The van der Waals surface area contributed by atoms with Gasteiger partial charge in [0.25, 0.3) is 11.8 Å². The molecule has 0 aliphatic carbocycles. The van der Waals surface area contributed by atoms with Gasteiger partial charge in [-0.15, -0.1) is 0 Å². The number of amides is 3. The molecule has 2 aromatic heterocycles. The zero-order valence-corrected chi connectivity index (χ0v) is 34.2. The van der Waals surface area contributed by atoms with Crippen LogP contribution in [0.5, 0.6) is 5.75 Å². The van der Waals surface area contributed by atoms with Gasteiger partial charge in [0.05, 0.1) is 17.7 Å². The van der Waals surface area contributed by atoms with Gasteiger partial charge in [0.1, 0.15) is 28.8 Å². The first-order chi connectivity index (χ1) is 28.8. The maximum atomic E-state index is 15.0. The molecule has 4 aromatic carbocycles. The molecular formula is C48H45N8O4+. The molecule has 12 nitrogen and oxygen atoms in total. The molecule has 0 bridgehead atoms. The molecule has 3 amide bonds. The van der Waals surface area contributed by atoms with E-state index in [9.17, 15) is 20.0 Å². The summed E-state index contributed by atoms with van der Waals surface area (Å²) in [5.41, 5.74) is 16.5. The molecule has 0 unspecified atom stereocenters. The van der Waals surface area contributed by atoms with Gasteiger partial charge in [0, 0.05) is 79.3 Å². The highest BCUT2D eigenvalue weighted by molar-refractivity contribution is 6.45. The lowest BCUT2D eigenvalue weighted by Gasteiger charge is -2.30. The van der Waals surface area contributed by atoms with Crippen LogP contribution in [0.2, 0.25) is 0 Å². The van der Waals surface area contributed by atoms with Gasteiger partial charge in [0.15, 0.2) is 12.3 Å². The van der Waals surface area contributed by atoms with Crippen LogP contribution in [0, 0.1) is 30.6 Å². The minimum absolute atomic E-state index is 0.0488. The Morgan fingerprint density at radius 1 is 0.817 bits per heavy atom. The second kappa shape index (κ2) is 15.3. The summed E-state index contributed by atoms with van der Waals surface area (Å²) in [6.45, 7) is 6.64. The number of carbonyl (C=O) groups excluding carboxylic acids is 3. The second-order valence-electron chi connectivity index (χ2n) is 15.6. The predicted octanol–water partition coefficient (Wildman–Crippen LogP) is 7.11. The number of aromatic hydroxyl groups is 1. The van der Waals surface area contributed by atoms with E-state index < -0.39 is 5.91 Å². The fourth-order valence-corrected chi connectivity index (χ4v) is 8.40. The molecule has 0 radical (unpaired) electrons. The standard InChI is InChI=1S/C48H44N8O4/c1-28-20-31-10-6-7-11-33(31)27-55(28)46(58)41-22-34-26-54(48(60)45(51)38-12-8-9-13-42(38)50)19-18-32(34)21-40(41)44-24-39(29(2)53(44)5)47(59)56(35-14-16-37(57)17-15-35)43-23-36(25-49)52(4)30(43)3/h6-17,21-24H,18-20,26-27H2,1-5H3,(H3-,50,51,57)/p+1. The van der Waals surface area contributed by atoms with E-state index in [0.29, 0.717) is 88.0 Å². The van der Waals surface area contributed by atoms with Gasteiger partial charge in [-0.05, 0) is 91.6 Å². The van der Waals surface area contributed by atoms with Crippen LogP contribution in [0.15, 0.2) is 97.1 Å². The Hall–Kier alpha value is -7.52. The van der Waals surface area contributed by atoms with E-state index in [1.54, 1.807) is 63.9 Å². The number of benzene rings is 4. The lowest BCUT2D eigenvalue weighted by atomic mass is 9.90. The average Bonchev–Trinajstić information content (AvgIpc) is 3.71. The topological polar surface area (TPSA) is 164 Å². The van der Waals surface area contributed by atoms with E-state index in [1.165, 1.54) is 17.7 Å². The van der Waals surface area contributed by atoms with E-state index in [0.717, 1.165) is 22.4 Å². The van der Waals surface area contributed by atoms with Crippen molar-refractivity contribution in [2.75, 3.05) is 17.2 Å². The minimum Gasteiger partial charge on any atom is -0.508 e. The number of carbonyl (C=O) groups is 3. The van der Waals surface area contributed by atoms with Crippen molar-refractivity contribution in [3.05, 3.63) is 153 Å². The Morgan fingerprint density at radius 3 is 2.22 bits per heavy atom. The maximum Gasteiger partial charge on any atom is 0.420 e. The Bertz CT molecular complexity index is 2870. The van der Waals surface area contributed by atoms with E-state index >= 15 is 4.79 Å². The van der Waals surface area contributed by atoms with Crippen LogP contribution in [-0.4, -0.2) is 59.4 Å². The van der Waals surface area contributed by atoms with Crippen LogP contribution in [-0.2, 0) is 44.8 Å². The second-order valence-corrected chi connectivity index (χ2v) is 15.6. The summed E-state index contributed by atoms with van der Waals surface area (Å²) in [5.74, 6) is -0.944. The van der Waals surface area contributed by atoms with E-state index in [-0.39, 0.29) is 29.8 Å². The zero-order chi connectivity index (χ0) is 42.6. The van der Waals surface area contributed by atoms with Crippen molar-refractivity contribution in [3.63, 3.8) is 0 Å². The summed E-state index contributed by atoms with van der Waals surface area (Å²) in [5, 5.41) is 28.7. The van der Waals surface area contributed by atoms with E-state index in [2.05, 4.69) is 12.1 Å². The van der Waals surface area contributed by atoms with Crippen LogP contribution in [0.3, 0.4) is 0 Å². The number of anilines is 3. The molecule has 12 heteroatoms. The highest BCUT2D eigenvalue weighted by atomic mass is 16.3. The van der Waals surface area contributed by atoms with Gasteiger partial charge >= 0.3 is 5.91 Å². The Kier molecular flexibility index (Phi) is 10.0. The number of nitrogens with two attached hydrogens (primary N) is 1. The number of nitrogens with one attached hydrogen (secondary N) is 1. The smallest absolute Gasteiger partial charge is 0.420 e. The predicted molar refractivity (Wildman–Crippen MR) is 231 cm³/mol. The molecule has 0 saturated carbocycles. The maximum absolute atomic E-state index is 15.0. The van der Waals surface area contributed by atoms with Crippen molar-refractivity contribution >= 4 is 46.2 Å². The van der Waals surface area contributed by atoms with E-state index in [1.807, 2.05) is 73.4 Å². The molecule has 4 N–H and O–H groups in total. The van der Waals surface area contributed by atoms with Crippen molar-refractivity contribution in [2.24, 2.45) is 14.1 Å². The first-order valence-corrected chi connectivity index (χ1v) is 19.7. The monoisotopic (exact) mass is 797 g/mol. The number of rotatable bonds is 7. The number of nitrogen functional groups attached to an aromatic ring is 1. The highest BCUT2D eigenvalue weighted by Crippen LogP contribution is 2.38. The Balaban J connectivity index is 1.24. The van der Waals surface area contributed by atoms with Crippen LogP contribution in [0.25, 0.3) is 11.3 Å². The summed E-state index contributed by atoms with van der Waals surface area (Å²) >= 11 is 0. The number of phenols is 1. The number of aromatic nitrogens is 2. The first-order valence-electron chi connectivity index (χ1n) is 19.7. The molecule has 4 heterocycles. The number of fused-ring (bicyclic) bond motifs is 2. The van der Waals surface area contributed by atoms with E-state index in [4.69, 9.17) is 11.1 Å². The summed E-state index contributed by atoms with van der Waals surface area (Å²) in [6, 6.07) is 30.9. The molecule has 6 aromatic rings. The third kappa shape index (κ3) is 6.73. The van der Waals surface area contributed by atoms with Crippen molar-refractivity contribution in [1.29, 1.82) is 10.7 Å². The first kappa shape index (κ1) is 39.3. The molecule has 0 spiro atoms. The molecule has 2 aliphatic rings. The van der Waals surface area contributed by atoms with Crippen LogP contribution in [0.4, 0.5) is 17.1 Å². The highest BCUT2D eigenvalue weighted by Gasteiger charge is 2.35. The largest absolute Gasteiger partial charge is 0.508 e. The van der Waals surface area contributed by atoms with Gasteiger partial charge in [-0.25, -0.2) is 4.79 Å². The van der Waals surface area contributed by atoms with Crippen molar-refractivity contribution in [3.8, 4) is 23.1 Å². The summed E-state index contributed by atoms with van der Waals surface area (Å²) < 4.78 is 5.47. The van der Waals surface area contributed by atoms with Gasteiger partial charge in [0.2, 0.25) is 0 Å². The number of hydrogen-bond acceptors (Lipinski definition) is 7. The van der Waals surface area contributed by atoms with Gasteiger partial charge < -0.3 is 24.9 Å². The minimum atomic E-state index is -0.442. The van der Waals surface area contributed by atoms with Gasteiger partial charge in [-0.2, -0.15) is 9.84 Å². The molecule has 0 fully saturated rings. The Morgan fingerprint density at radius 2 is 1.52 bits per heavy atom. The number of para-hydroxylation sites is 1. The fourth-order valence-electron chi connectivity index (χ4n) is 8.40. The van der Waals surface area contributed by atoms with Crippen molar-refractivity contribution in [2.45, 2.75) is 46.7 Å². The lowest BCUT2D eigenvalue weighted by Crippen LogP contribution is -2.40. The molecule has 0 saturated heterocycles. The van der Waals surface area contributed by atoms with Crippen LogP contribution >= 0.6 is 0 Å². The normalized spacial score (nSPS) is 13.4. The number of phenolic OH excluding ortho intramolecular Hbond substituents is 1. The van der Waals surface area contributed by atoms with Crippen molar-refractivity contribution in [1.82, 2.24) is 14.0 Å². The lowest BCUT2D eigenvalue weighted by molar-refractivity contribution is -0.449. The Labute approximate surface area is 348 Å². The van der Waals surface area contributed by atoms with Crippen LogP contribution in [0.1, 0.15) is 72.5 Å². The summed E-state index contributed by atoms with van der Waals surface area (Å²) in [7, 11) is 3.65. The third-order valence-corrected chi connectivity index (χ3v) is 12.1. The average molecular weight is 798 g/mol. The number of nitriles is 1. The summed E-state index contributed by atoms with van der Waals surface area (Å²) in [4.78, 5) is 46.9. The zero-order valence-electron chi connectivity index (χ0n) is 34.2. The van der Waals surface area contributed by atoms with Gasteiger partial charge in [-0.1, -0.05) is 42.5 Å². The number of hydrogen-bond donors (Lipinski definition) is 3. The molecule has 8 rings (SSSR count). The molecular weight excluding hydrogens is 753 g/mol. The fraction of sp³-hybridized carbons (Fsp3) is 0.208. The SMILES string of the molecule is CC1=[N+](C(=O)c2cc3c(cc2-c2cc(C(=O)N(c4ccc(O)cc4)c4cc(C#N)n(C)c4C)c(C)n2C)CCN(C(=O)C(=N)c2ccccc2N)C3)Cc2ccccc2C1. The van der Waals surface area contributed by atoms with Crippen LogP contribution < -0.4 is 10.6 Å². The third-order valence-electron chi connectivity index (χ3n) is 12.1. The summed E-state index contributed by atoms with van der Waals surface area (Å²) in [6.07, 6.45) is 1.11. The molecule has 300 valence electrons. The quantitative estimate of drug-likeness (QED) is 0.0886. The molecule has 2 aliphatic heterocycles. The molecule has 0 atom stereocenters. The molecule has 60 heavy (non-hydrogen) atoms.